The highest BCUT2D eigenvalue weighted by atomic mass is 35.5. The Morgan fingerprint density at radius 3 is 2.61 bits per heavy atom. The van der Waals surface area contributed by atoms with Gasteiger partial charge in [0.1, 0.15) is 4.90 Å². The zero-order valence-corrected chi connectivity index (χ0v) is 12.2. The van der Waals surface area contributed by atoms with Crippen molar-refractivity contribution in [1.82, 2.24) is 4.72 Å². The molecule has 0 amide bonds. The summed E-state index contributed by atoms with van der Waals surface area (Å²) in [4.78, 5) is 0.0577. The van der Waals surface area contributed by atoms with Gasteiger partial charge in [-0.15, -0.1) is 11.6 Å². The molecule has 1 aromatic carbocycles. The van der Waals surface area contributed by atoms with E-state index in [0.29, 0.717) is 12.3 Å². The molecule has 0 spiro atoms. The highest BCUT2D eigenvalue weighted by Crippen LogP contribution is 2.20. The minimum absolute atomic E-state index is 0.0577. The fraction of sp³-hybridized carbons (Fsp3) is 0.455. The molecule has 0 aromatic heterocycles. The molecule has 7 heteroatoms. The summed E-state index contributed by atoms with van der Waals surface area (Å²) >= 11 is 11.5. The summed E-state index contributed by atoms with van der Waals surface area (Å²) in [5.74, 6) is 0.346. The molecule has 18 heavy (non-hydrogen) atoms. The van der Waals surface area contributed by atoms with Gasteiger partial charge < -0.3 is 4.74 Å². The van der Waals surface area contributed by atoms with Crippen molar-refractivity contribution in [3.05, 3.63) is 29.3 Å². The number of rotatable bonds is 7. The molecule has 0 heterocycles. The normalized spacial score (nSPS) is 13.5. The monoisotopic (exact) mass is 311 g/mol. The topological polar surface area (TPSA) is 55.4 Å². The molecular formula is C11H15Cl2NO3S. The first-order chi connectivity index (χ1) is 8.51. The molecule has 1 unspecified atom stereocenters. The number of nitrogens with one attached hydrogen (secondary N) is 1. The van der Waals surface area contributed by atoms with Crippen LogP contribution < -0.4 is 4.72 Å². The van der Waals surface area contributed by atoms with Crippen molar-refractivity contribution in [2.45, 2.75) is 17.4 Å². The molecule has 1 aromatic rings. The predicted octanol–water partition coefficient (Wildman–Crippen LogP) is 2.26. The Labute approximate surface area is 117 Å². The molecule has 102 valence electrons. The van der Waals surface area contributed by atoms with Crippen LogP contribution in [-0.2, 0) is 14.8 Å². The van der Waals surface area contributed by atoms with Crippen LogP contribution in [0.2, 0.25) is 5.02 Å². The van der Waals surface area contributed by atoms with Gasteiger partial charge in [-0.2, -0.15) is 0 Å². The molecule has 1 N–H and O–H groups in total. The van der Waals surface area contributed by atoms with Gasteiger partial charge in [0, 0.05) is 19.0 Å². The summed E-state index contributed by atoms with van der Waals surface area (Å²) in [6, 6.07) is 5.91. The van der Waals surface area contributed by atoms with Crippen LogP contribution in [-0.4, -0.2) is 34.1 Å². The Kier molecular flexibility index (Phi) is 6.38. The summed E-state index contributed by atoms with van der Waals surface area (Å²) in [7, 11) is -2.15. The molecule has 0 saturated carbocycles. The lowest BCUT2D eigenvalue weighted by Gasteiger charge is -2.17. The Morgan fingerprint density at radius 2 is 2.06 bits per heavy atom. The molecule has 0 radical (unpaired) electrons. The van der Waals surface area contributed by atoms with E-state index in [2.05, 4.69) is 4.72 Å². The zero-order valence-electron chi connectivity index (χ0n) is 9.90. The van der Waals surface area contributed by atoms with Crippen molar-refractivity contribution < 1.29 is 13.2 Å². The van der Waals surface area contributed by atoms with Crippen molar-refractivity contribution in [2.75, 3.05) is 19.6 Å². The number of hydrogen-bond donors (Lipinski definition) is 1. The van der Waals surface area contributed by atoms with Gasteiger partial charge in [0.25, 0.3) is 0 Å². The Bertz CT molecular complexity index is 473. The van der Waals surface area contributed by atoms with Crippen LogP contribution in [0.25, 0.3) is 0 Å². The summed E-state index contributed by atoms with van der Waals surface area (Å²) in [6.07, 6.45) is 0.485. The third kappa shape index (κ3) is 4.40. The second-order valence-electron chi connectivity index (χ2n) is 3.68. The highest BCUT2D eigenvalue weighted by molar-refractivity contribution is 7.89. The number of ether oxygens (including phenoxy) is 1. The SMILES string of the molecule is COCC(CCCl)NS(=O)(=O)c1ccccc1Cl. The van der Waals surface area contributed by atoms with Gasteiger partial charge in [-0.3, -0.25) is 0 Å². The van der Waals surface area contributed by atoms with Crippen molar-refractivity contribution in [1.29, 1.82) is 0 Å². The predicted molar refractivity (Wildman–Crippen MR) is 72.8 cm³/mol. The molecule has 1 atom stereocenters. The number of methoxy groups -OCH3 is 1. The molecular weight excluding hydrogens is 297 g/mol. The lowest BCUT2D eigenvalue weighted by molar-refractivity contribution is 0.173. The fourth-order valence-electron chi connectivity index (χ4n) is 1.45. The number of sulfonamides is 1. The Hall–Kier alpha value is -0.330. The largest absolute Gasteiger partial charge is 0.383 e. The van der Waals surface area contributed by atoms with E-state index in [9.17, 15) is 8.42 Å². The Morgan fingerprint density at radius 1 is 1.39 bits per heavy atom. The molecule has 0 bridgehead atoms. The minimum atomic E-state index is -3.66. The van der Waals surface area contributed by atoms with Crippen LogP contribution in [0, 0.1) is 0 Å². The average Bonchev–Trinajstić information content (AvgIpc) is 2.29. The number of hydrogen-bond acceptors (Lipinski definition) is 3. The van der Waals surface area contributed by atoms with Gasteiger partial charge in [-0.1, -0.05) is 23.7 Å². The maximum absolute atomic E-state index is 12.1. The highest BCUT2D eigenvalue weighted by Gasteiger charge is 2.21. The minimum Gasteiger partial charge on any atom is -0.383 e. The average molecular weight is 312 g/mol. The molecule has 4 nitrogen and oxygen atoms in total. The van der Waals surface area contributed by atoms with Gasteiger partial charge in [-0.25, -0.2) is 13.1 Å². The first-order valence-corrected chi connectivity index (χ1v) is 7.72. The number of halogens is 2. The van der Waals surface area contributed by atoms with Gasteiger partial charge in [0.15, 0.2) is 0 Å². The van der Waals surface area contributed by atoms with Crippen LogP contribution in [0.4, 0.5) is 0 Å². The van der Waals surface area contributed by atoms with Crippen LogP contribution in [0.1, 0.15) is 6.42 Å². The molecule has 0 fully saturated rings. The van der Waals surface area contributed by atoms with Crippen LogP contribution >= 0.6 is 23.2 Å². The van der Waals surface area contributed by atoms with Gasteiger partial charge in [-0.05, 0) is 18.6 Å². The second kappa shape index (κ2) is 7.31. The van der Waals surface area contributed by atoms with E-state index in [4.69, 9.17) is 27.9 Å². The maximum Gasteiger partial charge on any atom is 0.242 e. The summed E-state index contributed by atoms with van der Waals surface area (Å²) in [5.41, 5.74) is 0. The number of alkyl halides is 1. The quantitative estimate of drug-likeness (QED) is 0.786. The van der Waals surface area contributed by atoms with Gasteiger partial charge in [0.2, 0.25) is 10.0 Å². The van der Waals surface area contributed by atoms with Crippen LogP contribution in [0.3, 0.4) is 0 Å². The van der Waals surface area contributed by atoms with Crippen molar-refractivity contribution in [3.8, 4) is 0 Å². The molecule has 0 aliphatic rings. The van der Waals surface area contributed by atoms with E-state index in [1.165, 1.54) is 19.2 Å². The lowest BCUT2D eigenvalue weighted by atomic mass is 10.3. The standard InChI is InChI=1S/C11H15Cl2NO3S/c1-17-8-9(6-7-12)14-18(15,16)11-5-3-2-4-10(11)13/h2-5,9,14H,6-8H2,1H3. The second-order valence-corrected chi connectivity index (χ2v) is 6.15. The van der Waals surface area contributed by atoms with Gasteiger partial charge in [0.05, 0.1) is 11.6 Å². The maximum atomic E-state index is 12.1. The first kappa shape index (κ1) is 15.7. The summed E-state index contributed by atoms with van der Waals surface area (Å²) in [6.45, 7) is 0.260. The van der Waals surface area contributed by atoms with Crippen molar-refractivity contribution >= 4 is 33.2 Å². The zero-order chi connectivity index (χ0) is 13.6. The van der Waals surface area contributed by atoms with Gasteiger partial charge >= 0.3 is 0 Å². The van der Waals surface area contributed by atoms with E-state index in [1.807, 2.05) is 0 Å². The summed E-state index contributed by atoms with van der Waals surface area (Å²) in [5, 5.41) is 0.187. The first-order valence-electron chi connectivity index (χ1n) is 5.33. The smallest absolute Gasteiger partial charge is 0.242 e. The van der Waals surface area contributed by atoms with E-state index in [1.54, 1.807) is 12.1 Å². The van der Waals surface area contributed by atoms with E-state index >= 15 is 0 Å². The molecule has 0 aliphatic heterocycles. The van der Waals surface area contributed by atoms with Crippen molar-refractivity contribution in [2.24, 2.45) is 0 Å². The fourth-order valence-corrected chi connectivity index (χ4v) is 3.49. The van der Waals surface area contributed by atoms with Crippen LogP contribution in [0.15, 0.2) is 29.2 Å². The van der Waals surface area contributed by atoms with Crippen molar-refractivity contribution in [3.63, 3.8) is 0 Å². The van der Waals surface area contributed by atoms with E-state index in [-0.39, 0.29) is 22.6 Å². The number of benzene rings is 1. The van der Waals surface area contributed by atoms with E-state index in [0.717, 1.165) is 0 Å². The van der Waals surface area contributed by atoms with Crippen LogP contribution in [0.5, 0.6) is 0 Å². The molecule has 0 aliphatic carbocycles. The van der Waals surface area contributed by atoms with E-state index < -0.39 is 10.0 Å². The third-order valence-electron chi connectivity index (χ3n) is 2.27. The molecule has 0 saturated heterocycles. The summed E-state index contributed by atoms with van der Waals surface area (Å²) < 4.78 is 31.7. The lowest BCUT2D eigenvalue weighted by Crippen LogP contribution is -2.38. The third-order valence-corrected chi connectivity index (χ3v) is 4.51. The Balaban J connectivity index is 2.90. The molecule has 1 rings (SSSR count).